The van der Waals surface area contributed by atoms with E-state index in [1.54, 1.807) is 0 Å². The largest absolute Gasteiger partial charge is 0.479 e. The van der Waals surface area contributed by atoms with Crippen LogP contribution >= 0.6 is 0 Å². The van der Waals surface area contributed by atoms with Crippen molar-refractivity contribution in [3.63, 3.8) is 0 Å². The average Bonchev–Trinajstić information content (AvgIpc) is 2.55. The van der Waals surface area contributed by atoms with Gasteiger partial charge in [0.05, 0.1) is 0 Å². The van der Waals surface area contributed by atoms with Gasteiger partial charge in [-0.25, -0.2) is 13.6 Å². The number of carbonyl (C=O) groups is 2. The van der Waals surface area contributed by atoms with Crippen LogP contribution in [0.1, 0.15) is 44.2 Å². The lowest BCUT2D eigenvalue weighted by Gasteiger charge is -2.31. The van der Waals surface area contributed by atoms with E-state index >= 15 is 0 Å². The predicted octanol–water partition coefficient (Wildman–Crippen LogP) is 2.72. The maximum atomic E-state index is 13.8. The van der Waals surface area contributed by atoms with Gasteiger partial charge in [-0.15, -0.1) is 0 Å². The van der Waals surface area contributed by atoms with Gasteiger partial charge in [-0.1, -0.05) is 13.0 Å². The molecule has 1 fully saturated rings. The summed E-state index contributed by atoms with van der Waals surface area (Å²) >= 11 is 0. The minimum absolute atomic E-state index is 0.195. The number of carboxylic acid groups (broad SMARTS) is 1. The van der Waals surface area contributed by atoms with E-state index in [9.17, 15) is 23.5 Å². The van der Waals surface area contributed by atoms with Crippen LogP contribution in [0.4, 0.5) is 8.78 Å². The van der Waals surface area contributed by atoms with E-state index in [1.165, 1.54) is 0 Å². The average molecular weight is 354 g/mol. The fourth-order valence-corrected chi connectivity index (χ4v) is 3.22. The molecule has 2 rings (SSSR count). The van der Waals surface area contributed by atoms with Crippen LogP contribution in [0.15, 0.2) is 18.2 Å². The van der Waals surface area contributed by atoms with Gasteiger partial charge in [0.1, 0.15) is 11.6 Å². The molecule has 1 heterocycles. The molecule has 0 bridgehead atoms. The second kappa shape index (κ2) is 8.89. The molecule has 7 heteroatoms. The first-order chi connectivity index (χ1) is 11.9. The Labute approximate surface area is 146 Å². The summed E-state index contributed by atoms with van der Waals surface area (Å²) in [6.45, 7) is 5.03. The molecule has 1 unspecified atom stereocenters. The smallest absolute Gasteiger partial charge is 0.331 e. The van der Waals surface area contributed by atoms with Gasteiger partial charge in [-0.2, -0.15) is 0 Å². The number of halogens is 2. The lowest BCUT2D eigenvalue weighted by atomic mass is 9.93. The fourth-order valence-electron chi connectivity index (χ4n) is 3.22. The molecule has 1 aliphatic heterocycles. The summed E-state index contributed by atoms with van der Waals surface area (Å²) in [5, 5.41) is 11.6. The van der Waals surface area contributed by atoms with Gasteiger partial charge in [0.2, 0.25) is 5.91 Å². The van der Waals surface area contributed by atoms with Crippen molar-refractivity contribution in [2.75, 3.05) is 19.6 Å². The lowest BCUT2D eigenvalue weighted by molar-refractivity contribution is -0.142. The monoisotopic (exact) mass is 354 g/mol. The van der Waals surface area contributed by atoms with Crippen LogP contribution in [0.25, 0.3) is 0 Å². The van der Waals surface area contributed by atoms with Gasteiger partial charge in [0.15, 0.2) is 6.04 Å². The maximum Gasteiger partial charge on any atom is 0.331 e. The summed E-state index contributed by atoms with van der Waals surface area (Å²) in [6.07, 6.45) is 3.08. The molecule has 0 radical (unpaired) electrons. The molecular formula is C18H24F2N2O3. The molecule has 1 saturated heterocycles. The molecule has 1 amide bonds. The Hall–Kier alpha value is -2.02. The van der Waals surface area contributed by atoms with Crippen LogP contribution in [0.2, 0.25) is 0 Å². The number of hydrogen-bond acceptors (Lipinski definition) is 3. The van der Waals surface area contributed by atoms with Crippen molar-refractivity contribution in [1.29, 1.82) is 0 Å². The molecule has 1 aromatic carbocycles. The highest BCUT2D eigenvalue weighted by molar-refractivity contribution is 5.84. The summed E-state index contributed by atoms with van der Waals surface area (Å²) in [4.78, 5) is 25.9. The number of aliphatic carboxylic acids is 1. The van der Waals surface area contributed by atoms with E-state index in [0.29, 0.717) is 6.07 Å². The Morgan fingerprint density at radius 3 is 2.56 bits per heavy atom. The molecule has 2 N–H and O–H groups in total. The van der Waals surface area contributed by atoms with E-state index in [0.717, 1.165) is 51.0 Å². The van der Waals surface area contributed by atoms with E-state index in [-0.39, 0.29) is 17.9 Å². The number of carbonyl (C=O) groups excluding carboxylic acids is 1. The Balaban J connectivity index is 1.94. The topological polar surface area (TPSA) is 69.6 Å². The Morgan fingerprint density at radius 2 is 2.00 bits per heavy atom. The Bertz CT molecular complexity index is 616. The SMILES string of the molecule is CCCN1CCC(CC(=O)NC(C(=O)O)c2ccc(F)cc2F)CC1. The number of piperidine rings is 1. The second-order valence-corrected chi connectivity index (χ2v) is 6.49. The van der Waals surface area contributed by atoms with Crippen molar-refractivity contribution in [1.82, 2.24) is 10.2 Å². The lowest BCUT2D eigenvalue weighted by Crippen LogP contribution is -2.38. The van der Waals surface area contributed by atoms with Crippen molar-refractivity contribution in [2.24, 2.45) is 5.92 Å². The molecule has 25 heavy (non-hydrogen) atoms. The number of amides is 1. The molecule has 1 aliphatic rings. The van der Waals surface area contributed by atoms with E-state index in [1.807, 2.05) is 0 Å². The third-order valence-corrected chi connectivity index (χ3v) is 4.55. The highest BCUT2D eigenvalue weighted by Gasteiger charge is 2.27. The van der Waals surface area contributed by atoms with E-state index in [4.69, 9.17) is 0 Å². The zero-order chi connectivity index (χ0) is 18.4. The number of nitrogens with one attached hydrogen (secondary N) is 1. The third-order valence-electron chi connectivity index (χ3n) is 4.55. The number of hydrogen-bond donors (Lipinski definition) is 2. The zero-order valence-corrected chi connectivity index (χ0v) is 14.3. The molecular weight excluding hydrogens is 330 g/mol. The molecule has 0 aromatic heterocycles. The Morgan fingerprint density at radius 1 is 1.32 bits per heavy atom. The number of nitrogens with zero attached hydrogens (tertiary/aromatic N) is 1. The van der Waals surface area contributed by atoms with Crippen LogP contribution in [-0.4, -0.2) is 41.5 Å². The predicted molar refractivity (Wildman–Crippen MR) is 88.9 cm³/mol. The molecule has 1 aromatic rings. The highest BCUT2D eigenvalue weighted by Crippen LogP contribution is 2.22. The van der Waals surface area contributed by atoms with Crippen LogP contribution in [0, 0.1) is 17.6 Å². The summed E-state index contributed by atoms with van der Waals surface area (Å²) in [6, 6.07) is 1.12. The number of rotatable bonds is 7. The molecule has 1 atom stereocenters. The second-order valence-electron chi connectivity index (χ2n) is 6.49. The number of likely N-dealkylation sites (tertiary alicyclic amines) is 1. The summed E-state index contributed by atoms with van der Waals surface area (Å²) in [5.41, 5.74) is -0.250. The van der Waals surface area contributed by atoms with Crippen molar-refractivity contribution in [3.05, 3.63) is 35.4 Å². The van der Waals surface area contributed by atoms with Gasteiger partial charge in [-0.05, 0) is 50.9 Å². The van der Waals surface area contributed by atoms with E-state index in [2.05, 4.69) is 17.1 Å². The minimum atomic E-state index is -1.52. The zero-order valence-electron chi connectivity index (χ0n) is 14.3. The fraction of sp³-hybridized carbons (Fsp3) is 0.556. The van der Waals surface area contributed by atoms with Gasteiger partial charge in [-0.3, -0.25) is 4.79 Å². The quantitative estimate of drug-likeness (QED) is 0.790. The van der Waals surface area contributed by atoms with Crippen LogP contribution in [0.3, 0.4) is 0 Å². The van der Waals surface area contributed by atoms with Gasteiger partial charge in [0.25, 0.3) is 0 Å². The number of carboxylic acids is 1. The standard InChI is InChI=1S/C18H24F2N2O3/c1-2-7-22-8-5-12(6-9-22)10-16(23)21-17(18(24)25)14-4-3-13(19)11-15(14)20/h3-4,11-12,17H,2,5-10H2,1H3,(H,21,23)(H,24,25). The first-order valence-corrected chi connectivity index (χ1v) is 8.60. The van der Waals surface area contributed by atoms with Gasteiger partial charge < -0.3 is 15.3 Å². The molecule has 0 spiro atoms. The molecule has 5 nitrogen and oxygen atoms in total. The molecule has 138 valence electrons. The first-order valence-electron chi connectivity index (χ1n) is 8.60. The van der Waals surface area contributed by atoms with Crippen LogP contribution in [0.5, 0.6) is 0 Å². The maximum absolute atomic E-state index is 13.8. The van der Waals surface area contributed by atoms with Crippen LogP contribution in [-0.2, 0) is 9.59 Å². The van der Waals surface area contributed by atoms with Gasteiger partial charge in [0, 0.05) is 18.1 Å². The van der Waals surface area contributed by atoms with Gasteiger partial charge >= 0.3 is 5.97 Å². The van der Waals surface area contributed by atoms with Crippen molar-refractivity contribution < 1.29 is 23.5 Å². The molecule has 0 aliphatic carbocycles. The normalized spacial score (nSPS) is 17.2. The van der Waals surface area contributed by atoms with Crippen molar-refractivity contribution in [3.8, 4) is 0 Å². The number of benzene rings is 1. The Kier molecular flexibility index (Phi) is 6.87. The third kappa shape index (κ3) is 5.49. The van der Waals surface area contributed by atoms with Crippen LogP contribution < -0.4 is 5.32 Å². The summed E-state index contributed by atoms with van der Waals surface area (Å²) in [7, 11) is 0. The minimum Gasteiger partial charge on any atom is -0.479 e. The molecule has 0 saturated carbocycles. The van der Waals surface area contributed by atoms with Crippen molar-refractivity contribution >= 4 is 11.9 Å². The van der Waals surface area contributed by atoms with Crippen molar-refractivity contribution in [2.45, 2.75) is 38.6 Å². The first kappa shape index (κ1) is 19.3. The summed E-state index contributed by atoms with van der Waals surface area (Å²) in [5.74, 6) is -3.39. The van der Waals surface area contributed by atoms with E-state index < -0.39 is 29.6 Å². The highest BCUT2D eigenvalue weighted by atomic mass is 19.1. The summed E-state index contributed by atoms with van der Waals surface area (Å²) < 4.78 is 26.8.